The van der Waals surface area contributed by atoms with Crippen LogP contribution < -0.4 is 4.72 Å². The van der Waals surface area contributed by atoms with Crippen LogP contribution in [0.15, 0.2) is 0 Å². The van der Waals surface area contributed by atoms with Crippen molar-refractivity contribution in [2.24, 2.45) is 0 Å². The van der Waals surface area contributed by atoms with Gasteiger partial charge in [0.1, 0.15) is 0 Å². The Kier molecular flexibility index (Phi) is 2.83. The summed E-state index contributed by atoms with van der Waals surface area (Å²) in [4.78, 5) is 12.1. The molecule has 0 aromatic rings. The van der Waals surface area contributed by atoms with E-state index in [0.29, 0.717) is 6.42 Å². The van der Waals surface area contributed by atoms with E-state index in [9.17, 15) is 13.2 Å². The molecule has 2 rings (SSSR count). The maximum atomic E-state index is 11.7. The van der Waals surface area contributed by atoms with Gasteiger partial charge in [-0.05, 0) is 26.2 Å². The molecule has 1 heterocycles. The minimum absolute atomic E-state index is 0.121. The van der Waals surface area contributed by atoms with E-state index in [2.05, 4.69) is 4.72 Å². The van der Waals surface area contributed by atoms with E-state index in [1.165, 1.54) is 4.90 Å². The molecule has 6 nitrogen and oxygen atoms in total. The highest BCUT2D eigenvalue weighted by Crippen LogP contribution is 2.28. The summed E-state index contributed by atoms with van der Waals surface area (Å²) in [6.07, 6.45) is 1.01. The van der Waals surface area contributed by atoms with Crippen molar-refractivity contribution in [3.05, 3.63) is 0 Å². The van der Waals surface area contributed by atoms with Crippen LogP contribution in [0.2, 0.25) is 0 Å². The third-order valence-corrected chi connectivity index (χ3v) is 5.13. The van der Waals surface area contributed by atoms with Gasteiger partial charge in [0.25, 0.3) is 0 Å². The van der Waals surface area contributed by atoms with Crippen LogP contribution >= 0.6 is 0 Å². The molecule has 0 bridgehead atoms. The number of rotatable bonds is 3. The van der Waals surface area contributed by atoms with Crippen molar-refractivity contribution >= 4 is 16.1 Å². The summed E-state index contributed by atoms with van der Waals surface area (Å²) in [7, 11) is -3.21. The quantitative estimate of drug-likeness (QED) is 0.747. The SMILES string of the molecule is CC1CC(NS(=O)(=O)C2CC2)CN1C(=O)O. The maximum absolute atomic E-state index is 11.7. The van der Waals surface area contributed by atoms with Gasteiger partial charge in [0.15, 0.2) is 0 Å². The van der Waals surface area contributed by atoms with Gasteiger partial charge >= 0.3 is 6.09 Å². The van der Waals surface area contributed by atoms with Crippen LogP contribution in [0, 0.1) is 0 Å². The third-order valence-electron chi connectivity index (χ3n) is 3.11. The molecule has 0 spiro atoms. The number of hydrogen-bond donors (Lipinski definition) is 2. The summed E-state index contributed by atoms with van der Waals surface area (Å²) in [5.74, 6) is 0. The van der Waals surface area contributed by atoms with Crippen LogP contribution in [0.25, 0.3) is 0 Å². The fourth-order valence-corrected chi connectivity index (χ4v) is 3.67. The number of sulfonamides is 1. The Labute approximate surface area is 94.7 Å². The van der Waals surface area contributed by atoms with E-state index < -0.39 is 16.1 Å². The molecule has 2 N–H and O–H groups in total. The van der Waals surface area contributed by atoms with Crippen molar-refractivity contribution in [1.29, 1.82) is 0 Å². The molecule has 2 aliphatic rings. The molecule has 1 saturated heterocycles. The van der Waals surface area contributed by atoms with Gasteiger partial charge < -0.3 is 10.0 Å². The second-order valence-electron chi connectivity index (χ2n) is 4.58. The zero-order valence-electron chi connectivity index (χ0n) is 9.09. The Bertz CT molecular complexity index is 390. The van der Waals surface area contributed by atoms with Crippen LogP contribution in [-0.4, -0.2) is 48.4 Å². The summed E-state index contributed by atoms with van der Waals surface area (Å²) in [6.45, 7) is 2.04. The predicted octanol–water partition coefficient (Wildman–Crippen LogP) is 0.209. The second-order valence-corrected chi connectivity index (χ2v) is 6.57. The number of amides is 1. The van der Waals surface area contributed by atoms with E-state index >= 15 is 0 Å². The summed E-state index contributed by atoms with van der Waals surface area (Å²) in [5.41, 5.74) is 0. The number of likely N-dealkylation sites (tertiary alicyclic amines) is 1. The largest absolute Gasteiger partial charge is 0.465 e. The van der Waals surface area contributed by atoms with Crippen molar-refractivity contribution in [2.45, 2.75) is 43.5 Å². The topological polar surface area (TPSA) is 86.7 Å². The van der Waals surface area contributed by atoms with Gasteiger partial charge in [-0.3, -0.25) is 0 Å². The molecule has 1 amide bonds. The third kappa shape index (κ3) is 2.30. The van der Waals surface area contributed by atoms with Crippen LogP contribution in [0.3, 0.4) is 0 Å². The van der Waals surface area contributed by atoms with Gasteiger partial charge in [0, 0.05) is 18.6 Å². The van der Waals surface area contributed by atoms with Gasteiger partial charge in [-0.25, -0.2) is 17.9 Å². The molecular weight excluding hydrogens is 232 g/mol. The molecule has 0 radical (unpaired) electrons. The first-order valence-electron chi connectivity index (χ1n) is 5.41. The maximum Gasteiger partial charge on any atom is 0.407 e. The monoisotopic (exact) mass is 248 g/mol. The average molecular weight is 248 g/mol. The lowest BCUT2D eigenvalue weighted by Crippen LogP contribution is -2.39. The molecule has 92 valence electrons. The highest BCUT2D eigenvalue weighted by molar-refractivity contribution is 7.90. The molecule has 0 aromatic heterocycles. The van der Waals surface area contributed by atoms with Crippen molar-refractivity contribution < 1.29 is 18.3 Å². The molecule has 7 heteroatoms. The Hall–Kier alpha value is -0.820. The normalized spacial score (nSPS) is 30.7. The first-order chi connectivity index (χ1) is 7.40. The number of carbonyl (C=O) groups is 1. The fraction of sp³-hybridized carbons (Fsp3) is 0.889. The Morgan fingerprint density at radius 2 is 2.06 bits per heavy atom. The Morgan fingerprint density at radius 3 is 2.50 bits per heavy atom. The molecule has 2 fully saturated rings. The van der Waals surface area contributed by atoms with Crippen molar-refractivity contribution in [2.75, 3.05) is 6.54 Å². The van der Waals surface area contributed by atoms with Crippen LogP contribution in [-0.2, 0) is 10.0 Å². The van der Waals surface area contributed by atoms with E-state index in [-0.39, 0.29) is 23.9 Å². The van der Waals surface area contributed by atoms with Gasteiger partial charge in [0.05, 0.1) is 5.25 Å². The summed E-state index contributed by atoms with van der Waals surface area (Å²) < 4.78 is 25.9. The first-order valence-corrected chi connectivity index (χ1v) is 6.95. The smallest absolute Gasteiger partial charge is 0.407 e. The zero-order chi connectivity index (χ0) is 11.9. The standard InChI is InChI=1S/C9H16N2O4S/c1-6-4-7(5-11(6)9(12)13)10-16(14,15)8-2-3-8/h6-8,10H,2-5H2,1H3,(H,12,13). The second kappa shape index (κ2) is 3.89. The van der Waals surface area contributed by atoms with Gasteiger partial charge in [-0.15, -0.1) is 0 Å². The molecule has 0 aromatic carbocycles. The molecule has 1 aliphatic carbocycles. The summed E-state index contributed by atoms with van der Waals surface area (Å²) in [6, 6.07) is -0.388. The van der Waals surface area contributed by atoms with E-state index in [0.717, 1.165) is 12.8 Å². The molecule has 2 unspecified atom stereocenters. The lowest BCUT2D eigenvalue weighted by Gasteiger charge is -2.16. The van der Waals surface area contributed by atoms with Crippen molar-refractivity contribution in [1.82, 2.24) is 9.62 Å². The number of nitrogens with zero attached hydrogens (tertiary/aromatic N) is 1. The number of nitrogens with one attached hydrogen (secondary N) is 1. The Balaban J connectivity index is 1.96. The fourth-order valence-electron chi connectivity index (χ4n) is 2.09. The molecular formula is C9H16N2O4S. The van der Waals surface area contributed by atoms with Crippen LogP contribution in [0.5, 0.6) is 0 Å². The highest BCUT2D eigenvalue weighted by atomic mass is 32.2. The summed E-state index contributed by atoms with van der Waals surface area (Å²) >= 11 is 0. The van der Waals surface area contributed by atoms with Crippen LogP contribution in [0.1, 0.15) is 26.2 Å². The number of carboxylic acid groups (broad SMARTS) is 1. The van der Waals surface area contributed by atoms with Gasteiger partial charge in [0.2, 0.25) is 10.0 Å². The van der Waals surface area contributed by atoms with Crippen molar-refractivity contribution in [3.8, 4) is 0 Å². The van der Waals surface area contributed by atoms with Crippen molar-refractivity contribution in [3.63, 3.8) is 0 Å². The molecule has 16 heavy (non-hydrogen) atoms. The zero-order valence-corrected chi connectivity index (χ0v) is 9.90. The molecule has 1 aliphatic heterocycles. The van der Waals surface area contributed by atoms with E-state index in [1.54, 1.807) is 6.92 Å². The van der Waals surface area contributed by atoms with E-state index in [4.69, 9.17) is 5.11 Å². The summed E-state index contributed by atoms with van der Waals surface area (Å²) in [5, 5.41) is 8.62. The predicted molar refractivity (Wildman–Crippen MR) is 57.7 cm³/mol. The van der Waals surface area contributed by atoms with E-state index in [1.807, 2.05) is 0 Å². The Morgan fingerprint density at radius 1 is 1.44 bits per heavy atom. The molecule has 1 saturated carbocycles. The van der Waals surface area contributed by atoms with Gasteiger partial charge in [-0.2, -0.15) is 0 Å². The average Bonchev–Trinajstić information content (AvgIpc) is 2.91. The lowest BCUT2D eigenvalue weighted by atomic mass is 10.2. The minimum atomic E-state index is -3.21. The lowest BCUT2D eigenvalue weighted by molar-refractivity contribution is 0.143. The minimum Gasteiger partial charge on any atom is -0.465 e. The van der Waals surface area contributed by atoms with Gasteiger partial charge in [-0.1, -0.05) is 0 Å². The molecule has 2 atom stereocenters. The number of hydrogen-bond acceptors (Lipinski definition) is 3. The highest BCUT2D eigenvalue weighted by Gasteiger charge is 2.40. The first kappa shape index (κ1) is 11.7. The van der Waals surface area contributed by atoms with Crippen LogP contribution in [0.4, 0.5) is 4.79 Å².